The molecule has 2 rings (SSSR count). The van der Waals surface area contributed by atoms with Gasteiger partial charge in [-0.15, -0.1) is 0 Å². The molecule has 0 aromatic carbocycles. The zero-order valence-corrected chi connectivity index (χ0v) is 9.28. The van der Waals surface area contributed by atoms with E-state index in [0.717, 1.165) is 11.3 Å². The predicted octanol–water partition coefficient (Wildman–Crippen LogP) is 1.08. The van der Waals surface area contributed by atoms with Crippen molar-refractivity contribution in [2.45, 2.75) is 6.92 Å². The molecule has 0 aliphatic rings. The molecule has 0 radical (unpaired) electrons. The van der Waals surface area contributed by atoms with Gasteiger partial charge in [0.15, 0.2) is 5.13 Å². The van der Waals surface area contributed by atoms with Crippen molar-refractivity contribution in [1.29, 1.82) is 0 Å². The number of aromatic nitrogens is 3. The maximum absolute atomic E-state index is 11.8. The maximum Gasteiger partial charge on any atom is 0.270 e. The molecule has 0 aliphatic carbocycles. The number of anilines is 2. The molecular formula is C9H9N5OS. The van der Waals surface area contributed by atoms with Gasteiger partial charge in [-0.3, -0.25) is 10.1 Å². The fraction of sp³-hybridized carbons (Fsp3) is 0.111. The quantitative estimate of drug-likeness (QED) is 0.812. The summed E-state index contributed by atoms with van der Waals surface area (Å²) in [5.41, 5.74) is 6.11. The van der Waals surface area contributed by atoms with Crippen LogP contribution in [0.25, 0.3) is 0 Å². The summed E-state index contributed by atoms with van der Waals surface area (Å²) in [5, 5.41) is 2.94. The highest BCUT2D eigenvalue weighted by atomic mass is 32.1. The first-order valence-electron chi connectivity index (χ1n) is 4.48. The summed E-state index contributed by atoms with van der Waals surface area (Å²) in [5.74, 6) is -0.0308. The van der Waals surface area contributed by atoms with Crippen LogP contribution in [0, 0.1) is 6.92 Å². The molecular weight excluding hydrogens is 226 g/mol. The van der Waals surface area contributed by atoms with Gasteiger partial charge >= 0.3 is 0 Å². The molecule has 0 spiro atoms. The first-order chi connectivity index (χ1) is 7.66. The number of aryl methyl sites for hydroxylation is 1. The summed E-state index contributed by atoms with van der Waals surface area (Å²) >= 11 is 1.14. The van der Waals surface area contributed by atoms with E-state index in [1.165, 1.54) is 0 Å². The van der Waals surface area contributed by atoms with Crippen LogP contribution in [0.1, 0.15) is 15.4 Å². The lowest BCUT2D eigenvalue weighted by Crippen LogP contribution is -2.13. The Morgan fingerprint density at radius 2 is 2.12 bits per heavy atom. The van der Waals surface area contributed by atoms with Crippen molar-refractivity contribution in [3.05, 3.63) is 29.0 Å². The van der Waals surface area contributed by atoms with Crippen LogP contribution in [0.5, 0.6) is 0 Å². The molecule has 7 heteroatoms. The van der Waals surface area contributed by atoms with E-state index in [1.807, 2.05) is 0 Å². The summed E-state index contributed by atoms with van der Waals surface area (Å²) in [6.45, 7) is 1.73. The highest BCUT2D eigenvalue weighted by Crippen LogP contribution is 2.20. The van der Waals surface area contributed by atoms with Gasteiger partial charge in [-0.25, -0.2) is 15.0 Å². The first-order valence-corrected chi connectivity index (χ1v) is 5.30. The molecule has 16 heavy (non-hydrogen) atoms. The average molecular weight is 235 g/mol. The van der Waals surface area contributed by atoms with Gasteiger partial charge in [-0.05, 0) is 13.0 Å². The van der Waals surface area contributed by atoms with Gasteiger partial charge in [0.05, 0.1) is 5.69 Å². The Morgan fingerprint density at radius 1 is 1.44 bits per heavy atom. The highest BCUT2D eigenvalue weighted by Gasteiger charge is 2.14. The van der Waals surface area contributed by atoms with E-state index >= 15 is 0 Å². The minimum atomic E-state index is -0.294. The van der Waals surface area contributed by atoms with Crippen molar-refractivity contribution < 1.29 is 4.79 Å². The number of nitrogens with zero attached hydrogens (tertiary/aromatic N) is 3. The third kappa shape index (κ3) is 2.14. The van der Waals surface area contributed by atoms with Crippen LogP contribution in [0.4, 0.5) is 11.1 Å². The molecule has 0 unspecified atom stereocenters. The van der Waals surface area contributed by atoms with E-state index < -0.39 is 0 Å². The van der Waals surface area contributed by atoms with Gasteiger partial charge in [0.25, 0.3) is 5.91 Å². The summed E-state index contributed by atoms with van der Waals surface area (Å²) in [7, 11) is 0. The minimum absolute atomic E-state index is 0.263. The number of nitrogen functional groups attached to an aromatic ring is 1. The Balaban J connectivity index is 2.18. The molecule has 0 atom stereocenters. The van der Waals surface area contributed by atoms with Crippen LogP contribution >= 0.6 is 11.3 Å². The molecule has 3 N–H and O–H groups in total. The Morgan fingerprint density at radius 3 is 2.69 bits per heavy atom. The fourth-order valence-corrected chi connectivity index (χ4v) is 1.88. The van der Waals surface area contributed by atoms with E-state index in [1.54, 1.807) is 25.4 Å². The minimum Gasteiger partial charge on any atom is -0.375 e. The van der Waals surface area contributed by atoms with Crippen molar-refractivity contribution in [1.82, 2.24) is 15.0 Å². The third-order valence-electron chi connectivity index (χ3n) is 1.81. The molecule has 0 fully saturated rings. The number of rotatable bonds is 2. The molecule has 0 saturated heterocycles. The van der Waals surface area contributed by atoms with Gasteiger partial charge in [0.1, 0.15) is 4.88 Å². The van der Waals surface area contributed by atoms with Crippen LogP contribution in [-0.4, -0.2) is 20.9 Å². The average Bonchev–Trinajstić information content (AvgIpc) is 2.59. The van der Waals surface area contributed by atoms with Crippen LogP contribution in [-0.2, 0) is 0 Å². The smallest absolute Gasteiger partial charge is 0.270 e. The first kappa shape index (κ1) is 10.5. The summed E-state index contributed by atoms with van der Waals surface area (Å²) in [6, 6.07) is 1.67. The topological polar surface area (TPSA) is 93.8 Å². The van der Waals surface area contributed by atoms with Crippen molar-refractivity contribution in [2.75, 3.05) is 11.1 Å². The molecule has 0 saturated carbocycles. The standard InChI is InChI=1S/C9H9N5OS/c1-5-6(16-8(10)13-5)7(15)14-9-11-3-2-4-12-9/h2-4H,1H3,(H2,10,13)(H,11,12,14,15). The van der Waals surface area contributed by atoms with Gasteiger partial charge < -0.3 is 5.73 Å². The number of nitrogens with one attached hydrogen (secondary N) is 1. The number of amides is 1. The second kappa shape index (κ2) is 4.23. The number of thiazole rings is 1. The predicted molar refractivity (Wildman–Crippen MR) is 61.2 cm³/mol. The third-order valence-corrected chi connectivity index (χ3v) is 2.80. The molecule has 0 bridgehead atoms. The van der Waals surface area contributed by atoms with Crippen LogP contribution in [0.15, 0.2) is 18.5 Å². The van der Waals surface area contributed by atoms with Crippen molar-refractivity contribution >= 4 is 28.3 Å². The van der Waals surface area contributed by atoms with Crippen LogP contribution < -0.4 is 11.1 Å². The normalized spacial score (nSPS) is 10.1. The molecule has 6 nitrogen and oxygen atoms in total. The SMILES string of the molecule is Cc1nc(N)sc1C(=O)Nc1ncccn1. The summed E-state index contributed by atoms with van der Waals surface area (Å²) < 4.78 is 0. The monoisotopic (exact) mass is 235 g/mol. The molecule has 82 valence electrons. The second-order valence-corrected chi connectivity index (χ2v) is 4.02. The van der Waals surface area contributed by atoms with Gasteiger partial charge in [0.2, 0.25) is 5.95 Å². The van der Waals surface area contributed by atoms with Gasteiger partial charge in [0, 0.05) is 12.4 Å². The molecule has 2 aromatic heterocycles. The number of carbonyl (C=O) groups is 1. The van der Waals surface area contributed by atoms with E-state index in [2.05, 4.69) is 20.3 Å². The fourth-order valence-electron chi connectivity index (χ4n) is 1.15. The second-order valence-electron chi connectivity index (χ2n) is 2.99. The van der Waals surface area contributed by atoms with E-state index in [-0.39, 0.29) is 11.9 Å². The summed E-state index contributed by atoms with van der Waals surface area (Å²) in [6.07, 6.45) is 3.10. The maximum atomic E-state index is 11.8. The van der Waals surface area contributed by atoms with Gasteiger partial charge in [-0.1, -0.05) is 11.3 Å². The molecule has 0 aliphatic heterocycles. The van der Waals surface area contributed by atoms with E-state index in [9.17, 15) is 4.79 Å². The van der Waals surface area contributed by atoms with Crippen molar-refractivity contribution in [3.8, 4) is 0 Å². The Kier molecular flexibility index (Phi) is 2.78. The Hall–Kier alpha value is -2.02. The van der Waals surface area contributed by atoms with E-state index in [0.29, 0.717) is 15.7 Å². The number of nitrogens with two attached hydrogens (primary N) is 1. The number of hydrogen-bond acceptors (Lipinski definition) is 6. The van der Waals surface area contributed by atoms with E-state index in [4.69, 9.17) is 5.73 Å². The van der Waals surface area contributed by atoms with Crippen molar-refractivity contribution in [3.63, 3.8) is 0 Å². The van der Waals surface area contributed by atoms with Crippen LogP contribution in [0.3, 0.4) is 0 Å². The molecule has 2 aromatic rings. The largest absolute Gasteiger partial charge is 0.375 e. The Labute approximate surface area is 95.6 Å². The molecule has 2 heterocycles. The lowest BCUT2D eigenvalue weighted by Gasteiger charge is -2.00. The zero-order valence-electron chi connectivity index (χ0n) is 8.47. The number of hydrogen-bond donors (Lipinski definition) is 2. The Bertz CT molecular complexity index is 510. The van der Waals surface area contributed by atoms with Crippen molar-refractivity contribution in [2.24, 2.45) is 0 Å². The summed E-state index contributed by atoms with van der Waals surface area (Å²) in [4.78, 5) is 24.0. The highest BCUT2D eigenvalue weighted by molar-refractivity contribution is 7.17. The number of carbonyl (C=O) groups excluding carboxylic acids is 1. The van der Waals surface area contributed by atoms with Gasteiger partial charge in [-0.2, -0.15) is 0 Å². The zero-order chi connectivity index (χ0) is 11.5. The lowest BCUT2D eigenvalue weighted by molar-refractivity contribution is 0.102. The van der Waals surface area contributed by atoms with Crippen LogP contribution in [0.2, 0.25) is 0 Å². The lowest BCUT2D eigenvalue weighted by atomic mass is 10.4. The molecule has 1 amide bonds.